The molecule has 0 spiro atoms. The van der Waals surface area contributed by atoms with Crippen LogP contribution in [0.2, 0.25) is 0 Å². The molecule has 1 aliphatic rings. The third-order valence-electron chi connectivity index (χ3n) is 6.12. The highest BCUT2D eigenvalue weighted by Gasteiger charge is 2.26. The van der Waals surface area contributed by atoms with Gasteiger partial charge in [0.1, 0.15) is 16.9 Å². The molecule has 4 rings (SSSR count). The minimum Gasteiger partial charge on any atom is -0.348 e. The van der Waals surface area contributed by atoms with Crippen molar-refractivity contribution >= 4 is 11.8 Å². The molecule has 0 aliphatic carbocycles. The summed E-state index contributed by atoms with van der Waals surface area (Å²) in [6, 6.07) is 16.1. The molecule has 0 atom stereocenters. The molecule has 2 amide bonds. The molecule has 0 bridgehead atoms. The molecule has 1 saturated heterocycles. The van der Waals surface area contributed by atoms with Crippen molar-refractivity contribution in [2.75, 3.05) is 32.7 Å². The second-order valence-electron chi connectivity index (χ2n) is 8.77. The van der Waals surface area contributed by atoms with Crippen LogP contribution in [0.3, 0.4) is 0 Å². The second-order valence-corrected chi connectivity index (χ2v) is 8.77. The quantitative estimate of drug-likeness (QED) is 0.495. The lowest BCUT2D eigenvalue weighted by Gasteiger charge is -2.34. The van der Waals surface area contributed by atoms with E-state index in [1.54, 1.807) is 15.5 Å². The van der Waals surface area contributed by atoms with Gasteiger partial charge in [0, 0.05) is 58.2 Å². The number of piperazine rings is 1. The maximum Gasteiger partial charge on any atom is 0.259 e. The fraction of sp³-hybridized carbons (Fsp3) is 0.250. The predicted octanol–water partition coefficient (Wildman–Crippen LogP) is 2.91. The summed E-state index contributed by atoms with van der Waals surface area (Å²) in [7, 11) is 0. The summed E-state index contributed by atoms with van der Waals surface area (Å²) in [6.07, 6.45) is 4.54. The number of nitrogens with zero attached hydrogens (tertiary/aromatic N) is 3. The molecule has 0 saturated carbocycles. The number of carbonyl (C=O) groups excluding carboxylic acids is 2. The third-order valence-corrected chi connectivity index (χ3v) is 6.12. The van der Waals surface area contributed by atoms with Gasteiger partial charge in [-0.3, -0.25) is 19.3 Å². The van der Waals surface area contributed by atoms with Crippen molar-refractivity contribution in [2.24, 2.45) is 0 Å². The van der Waals surface area contributed by atoms with Crippen LogP contribution in [-0.4, -0.2) is 58.9 Å². The van der Waals surface area contributed by atoms with Crippen LogP contribution in [0, 0.1) is 5.82 Å². The minimum absolute atomic E-state index is 0.0317. The Morgan fingerprint density at radius 3 is 2.31 bits per heavy atom. The Morgan fingerprint density at radius 2 is 1.61 bits per heavy atom. The number of benzene rings is 2. The van der Waals surface area contributed by atoms with Gasteiger partial charge in [0.25, 0.3) is 11.8 Å². The lowest BCUT2D eigenvalue weighted by Crippen LogP contribution is -2.49. The van der Waals surface area contributed by atoms with Crippen molar-refractivity contribution in [1.29, 1.82) is 0 Å². The Hall–Kier alpha value is -4.04. The van der Waals surface area contributed by atoms with E-state index in [2.05, 4.69) is 16.8 Å². The van der Waals surface area contributed by atoms with E-state index < -0.39 is 17.2 Å². The smallest absolute Gasteiger partial charge is 0.259 e. The average molecular weight is 489 g/mol. The molecule has 2 heterocycles. The SMILES string of the molecule is C=CCNC(=O)c1cn(Cc2ccccc2)cc(C(=O)N2CCN(Cc3cccc(F)c3)CC2)c1=O. The monoisotopic (exact) mass is 488 g/mol. The van der Waals surface area contributed by atoms with Crippen LogP contribution in [-0.2, 0) is 13.1 Å². The van der Waals surface area contributed by atoms with Gasteiger partial charge in [-0.2, -0.15) is 0 Å². The zero-order chi connectivity index (χ0) is 25.5. The highest BCUT2D eigenvalue weighted by atomic mass is 19.1. The fourth-order valence-electron chi connectivity index (χ4n) is 4.26. The summed E-state index contributed by atoms with van der Waals surface area (Å²) in [4.78, 5) is 43.1. The van der Waals surface area contributed by atoms with Gasteiger partial charge in [0.15, 0.2) is 0 Å². The molecule has 3 aromatic rings. The number of nitrogens with one attached hydrogen (secondary N) is 1. The molecule has 186 valence electrons. The summed E-state index contributed by atoms with van der Waals surface area (Å²) >= 11 is 0. The standard InChI is InChI=1S/C28H29FN4O3/c1-2-11-30-27(35)24-19-32(17-21-7-4-3-5-8-21)20-25(26(24)34)28(36)33-14-12-31(13-15-33)18-22-9-6-10-23(29)16-22/h2-10,16,19-20H,1,11-15,17-18H2,(H,30,35). The number of rotatable bonds is 8. The molecule has 8 heteroatoms. The highest BCUT2D eigenvalue weighted by Crippen LogP contribution is 2.13. The van der Waals surface area contributed by atoms with Gasteiger partial charge >= 0.3 is 0 Å². The number of amides is 2. The summed E-state index contributed by atoms with van der Waals surface area (Å²) in [6.45, 7) is 6.84. The van der Waals surface area contributed by atoms with Crippen molar-refractivity contribution in [3.63, 3.8) is 0 Å². The Kier molecular flexibility index (Phi) is 8.07. The summed E-state index contributed by atoms with van der Waals surface area (Å²) in [5.41, 5.74) is 1.15. The number of hydrogen-bond acceptors (Lipinski definition) is 4. The van der Waals surface area contributed by atoms with E-state index in [-0.39, 0.29) is 23.5 Å². The molecular weight excluding hydrogens is 459 g/mol. The zero-order valence-corrected chi connectivity index (χ0v) is 20.0. The van der Waals surface area contributed by atoms with E-state index in [4.69, 9.17) is 0 Å². The highest BCUT2D eigenvalue weighted by molar-refractivity contribution is 5.99. The Morgan fingerprint density at radius 1 is 0.917 bits per heavy atom. The van der Waals surface area contributed by atoms with E-state index in [9.17, 15) is 18.8 Å². The van der Waals surface area contributed by atoms with Gasteiger partial charge in [-0.25, -0.2) is 4.39 Å². The van der Waals surface area contributed by atoms with E-state index in [0.717, 1.165) is 11.1 Å². The Balaban J connectivity index is 1.53. The van der Waals surface area contributed by atoms with E-state index >= 15 is 0 Å². The number of carbonyl (C=O) groups is 2. The minimum atomic E-state index is -0.590. The van der Waals surface area contributed by atoms with Crippen molar-refractivity contribution in [1.82, 2.24) is 19.7 Å². The molecule has 0 unspecified atom stereocenters. The first kappa shape index (κ1) is 25.1. The maximum absolute atomic E-state index is 13.5. The first-order chi connectivity index (χ1) is 17.4. The Labute approximate surface area is 209 Å². The molecule has 1 N–H and O–H groups in total. The second kappa shape index (κ2) is 11.6. The van der Waals surface area contributed by atoms with Crippen LogP contribution in [0.1, 0.15) is 31.8 Å². The van der Waals surface area contributed by atoms with Crippen molar-refractivity contribution in [3.05, 3.63) is 118 Å². The number of aromatic nitrogens is 1. The van der Waals surface area contributed by atoms with Gasteiger partial charge in [-0.05, 0) is 23.3 Å². The number of pyridine rings is 1. The average Bonchev–Trinajstić information content (AvgIpc) is 2.89. The lowest BCUT2D eigenvalue weighted by atomic mass is 10.1. The molecule has 1 aromatic heterocycles. The van der Waals surface area contributed by atoms with Gasteiger partial charge in [-0.1, -0.05) is 48.5 Å². The normalized spacial score (nSPS) is 13.9. The summed E-state index contributed by atoms with van der Waals surface area (Å²) in [5, 5.41) is 2.63. The van der Waals surface area contributed by atoms with Gasteiger partial charge < -0.3 is 14.8 Å². The van der Waals surface area contributed by atoms with Crippen LogP contribution in [0.5, 0.6) is 0 Å². The third kappa shape index (κ3) is 6.14. The molecule has 1 fully saturated rings. The van der Waals surface area contributed by atoms with E-state index in [0.29, 0.717) is 39.3 Å². The van der Waals surface area contributed by atoms with E-state index in [1.807, 2.05) is 36.4 Å². The predicted molar refractivity (Wildman–Crippen MR) is 136 cm³/mol. The number of halogens is 1. The van der Waals surface area contributed by atoms with Crippen molar-refractivity contribution in [2.45, 2.75) is 13.1 Å². The molecule has 0 radical (unpaired) electrons. The first-order valence-electron chi connectivity index (χ1n) is 11.9. The molecule has 1 aliphatic heterocycles. The van der Waals surface area contributed by atoms with E-state index in [1.165, 1.54) is 30.6 Å². The molecular formula is C28H29FN4O3. The molecule has 36 heavy (non-hydrogen) atoms. The lowest BCUT2D eigenvalue weighted by molar-refractivity contribution is 0.0626. The van der Waals surface area contributed by atoms with Crippen LogP contribution in [0.15, 0.2) is 84.4 Å². The largest absolute Gasteiger partial charge is 0.348 e. The molecule has 7 nitrogen and oxygen atoms in total. The van der Waals surface area contributed by atoms with Gasteiger partial charge in [-0.15, -0.1) is 6.58 Å². The van der Waals surface area contributed by atoms with Gasteiger partial charge in [0.2, 0.25) is 5.43 Å². The topological polar surface area (TPSA) is 74.7 Å². The maximum atomic E-state index is 13.5. The fourth-order valence-corrected chi connectivity index (χ4v) is 4.26. The zero-order valence-electron chi connectivity index (χ0n) is 20.0. The number of hydrogen-bond donors (Lipinski definition) is 1. The first-order valence-corrected chi connectivity index (χ1v) is 11.9. The molecule has 2 aromatic carbocycles. The van der Waals surface area contributed by atoms with Crippen LogP contribution in [0.4, 0.5) is 4.39 Å². The van der Waals surface area contributed by atoms with Crippen molar-refractivity contribution in [3.8, 4) is 0 Å². The summed E-state index contributed by atoms with van der Waals surface area (Å²) in [5.74, 6) is -1.22. The van der Waals surface area contributed by atoms with Gasteiger partial charge in [0.05, 0.1) is 0 Å². The van der Waals surface area contributed by atoms with Crippen LogP contribution in [0.25, 0.3) is 0 Å². The van der Waals surface area contributed by atoms with Crippen molar-refractivity contribution < 1.29 is 14.0 Å². The van der Waals surface area contributed by atoms with Crippen LogP contribution < -0.4 is 10.7 Å². The summed E-state index contributed by atoms with van der Waals surface area (Å²) < 4.78 is 15.2. The Bertz CT molecular complexity index is 1300. The van der Waals surface area contributed by atoms with Crippen LogP contribution >= 0.6 is 0 Å².